The van der Waals surface area contributed by atoms with E-state index in [9.17, 15) is 14.4 Å². The molecule has 2 amide bonds. The number of H-pyrrole nitrogens is 1. The number of aromatic nitrogens is 2. The number of amides is 2. The van der Waals surface area contributed by atoms with E-state index in [2.05, 4.69) is 26.1 Å². The molecule has 1 unspecified atom stereocenters. The summed E-state index contributed by atoms with van der Waals surface area (Å²) in [6.07, 6.45) is 3.54. The van der Waals surface area contributed by atoms with Gasteiger partial charge in [0.15, 0.2) is 11.5 Å². The van der Waals surface area contributed by atoms with Crippen LogP contribution in [0.1, 0.15) is 43.4 Å². The van der Waals surface area contributed by atoms with E-state index in [4.69, 9.17) is 14.2 Å². The van der Waals surface area contributed by atoms with Crippen LogP contribution < -0.4 is 35.6 Å². The minimum absolute atomic E-state index is 0.153. The van der Waals surface area contributed by atoms with Crippen molar-refractivity contribution in [3.8, 4) is 28.4 Å². The second-order valence-electron chi connectivity index (χ2n) is 9.14. The molecule has 0 saturated heterocycles. The largest absolute Gasteiger partial charge is 0.493 e. The van der Waals surface area contributed by atoms with Crippen molar-refractivity contribution in [3.63, 3.8) is 0 Å². The summed E-state index contributed by atoms with van der Waals surface area (Å²) in [7, 11) is 4.67. The van der Waals surface area contributed by atoms with Gasteiger partial charge in [0.05, 0.1) is 39.3 Å². The Bertz CT molecular complexity index is 1410. The highest BCUT2D eigenvalue weighted by Crippen LogP contribution is 2.50. The summed E-state index contributed by atoms with van der Waals surface area (Å²) in [5, 5.41) is 15.4. The molecule has 0 saturated carbocycles. The highest BCUT2D eigenvalue weighted by molar-refractivity contribution is 5.89. The number of hydrogen-bond acceptors (Lipinski definition) is 8. The lowest BCUT2D eigenvalue weighted by Crippen LogP contribution is -2.26. The van der Waals surface area contributed by atoms with Crippen molar-refractivity contribution in [2.45, 2.75) is 38.6 Å². The Labute approximate surface area is 226 Å². The summed E-state index contributed by atoms with van der Waals surface area (Å²) in [5.41, 5.74) is 3.34. The Hall–Kier alpha value is -4.54. The van der Waals surface area contributed by atoms with Crippen LogP contribution in [0.5, 0.6) is 17.2 Å². The van der Waals surface area contributed by atoms with Gasteiger partial charge in [-0.2, -0.15) is 5.10 Å². The summed E-state index contributed by atoms with van der Waals surface area (Å²) in [5.74, 6) is 1.67. The van der Waals surface area contributed by atoms with Crippen LogP contribution in [-0.2, 0) is 16.0 Å². The Balaban J connectivity index is 1.67. The van der Waals surface area contributed by atoms with Crippen LogP contribution in [0, 0.1) is 0 Å². The van der Waals surface area contributed by atoms with Crippen LogP contribution in [0.25, 0.3) is 11.1 Å². The fraction of sp³-hybridized carbons (Fsp3) is 0.357. The first kappa shape index (κ1) is 27.5. The maximum atomic E-state index is 13.3. The maximum Gasteiger partial charge on any atom is 0.225 e. The number of carbonyl (C=O) groups is 2. The van der Waals surface area contributed by atoms with Gasteiger partial charge in [-0.1, -0.05) is 6.07 Å². The molecule has 0 radical (unpaired) electrons. The lowest BCUT2D eigenvalue weighted by atomic mass is 9.95. The third kappa shape index (κ3) is 6.14. The summed E-state index contributed by atoms with van der Waals surface area (Å²) in [4.78, 5) is 37.5. The van der Waals surface area contributed by atoms with E-state index in [1.54, 1.807) is 45.7 Å². The summed E-state index contributed by atoms with van der Waals surface area (Å²) >= 11 is 0. The molecule has 206 valence electrons. The number of methoxy groups -OCH3 is 3. The average molecular weight is 536 g/mol. The minimum atomic E-state index is -0.384. The van der Waals surface area contributed by atoms with Gasteiger partial charge in [0.1, 0.15) is 5.82 Å². The van der Waals surface area contributed by atoms with Gasteiger partial charge in [-0.25, -0.2) is 0 Å². The number of rotatable bonds is 10. The van der Waals surface area contributed by atoms with Crippen LogP contribution in [0.2, 0.25) is 0 Å². The normalized spacial score (nSPS) is 13.8. The Kier molecular flexibility index (Phi) is 8.70. The zero-order valence-electron chi connectivity index (χ0n) is 22.5. The molecule has 0 bridgehead atoms. The molecule has 1 heterocycles. The van der Waals surface area contributed by atoms with Gasteiger partial charge in [-0.05, 0) is 54.2 Å². The average Bonchev–Trinajstić information content (AvgIpc) is 3.32. The van der Waals surface area contributed by atoms with Crippen LogP contribution in [0.3, 0.4) is 0 Å². The second-order valence-corrected chi connectivity index (χ2v) is 9.14. The molecule has 11 heteroatoms. The molecular weight excluding hydrogens is 502 g/mol. The monoisotopic (exact) mass is 535 g/mol. The highest BCUT2D eigenvalue weighted by atomic mass is 16.5. The van der Waals surface area contributed by atoms with Crippen LogP contribution >= 0.6 is 0 Å². The summed E-state index contributed by atoms with van der Waals surface area (Å²) < 4.78 is 17.0. The fourth-order valence-corrected chi connectivity index (χ4v) is 4.86. The van der Waals surface area contributed by atoms with Crippen LogP contribution in [-0.4, -0.2) is 49.9 Å². The molecule has 4 N–H and O–H groups in total. The van der Waals surface area contributed by atoms with Crippen molar-refractivity contribution >= 4 is 23.3 Å². The first-order chi connectivity index (χ1) is 18.9. The SMILES string of the molecule is COc1cc2c(c(OC)c1OC)-c1ccc(NCCCC(=O)Nc3ccn[nH]3)c(=O)cc1C(NC(C)=O)CC2. The van der Waals surface area contributed by atoms with E-state index < -0.39 is 0 Å². The third-order valence-electron chi connectivity index (χ3n) is 6.59. The van der Waals surface area contributed by atoms with E-state index in [1.165, 1.54) is 6.92 Å². The first-order valence-electron chi connectivity index (χ1n) is 12.7. The molecular formula is C28H33N5O6. The predicted molar refractivity (Wildman–Crippen MR) is 148 cm³/mol. The van der Waals surface area contributed by atoms with Gasteiger partial charge in [-0.15, -0.1) is 0 Å². The van der Waals surface area contributed by atoms with E-state index in [-0.39, 0.29) is 29.7 Å². The molecule has 1 atom stereocenters. The lowest BCUT2D eigenvalue weighted by Gasteiger charge is -2.19. The van der Waals surface area contributed by atoms with Gasteiger partial charge >= 0.3 is 0 Å². The Morgan fingerprint density at radius 3 is 2.54 bits per heavy atom. The smallest absolute Gasteiger partial charge is 0.225 e. The molecule has 39 heavy (non-hydrogen) atoms. The quantitative estimate of drug-likeness (QED) is 0.289. The zero-order chi connectivity index (χ0) is 27.9. The van der Waals surface area contributed by atoms with Crippen molar-refractivity contribution in [3.05, 3.63) is 57.9 Å². The Morgan fingerprint density at radius 2 is 1.87 bits per heavy atom. The first-order valence-corrected chi connectivity index (χ1v) is 12.7. The molecule has 0 spiro atoms. The standard InChI is InChI=1S/C28H33N5O6/c1-16(34)31-20-9-7-17-14-23(37-2)27(38-3)28(39-4)26(17)18-8-10-21(22(35)15-19(18)20)29-12-5-6-25(36)32-24-11-13-30-33-24/h8,10-11,13-15,20H,5-7,9,12H2,1-4H3,(H,29,35)(H,31,34)(H2,30,32,33,36). The molecule has 1 aliphatic carbocycles. The molecule has 0 fully saturated rings. The number of ether oxygens (including phenoxy) is 3. The highest BCUT2D eigenvalue weighted by Gasteiger charge is 2.29. The van der Waals surface area contributed by atoms with Crippen molar-refractivity contribution in [1.82, 2.24) is 15.5 Å². The number of anilines is 2. The van der Waals surface area contributed by atoms with Gasteiger partial charge < -0.3 is 30.2 Å². The molecule has 1 aliphatic rings. The van der Waals surface area contributed by atoms with Crippen molar-refractivity contribution in [1.29, 1.82) is 0 Å². The van der Waals surface area contributed by atoms with E-state index >= 15 is 0 Å². The van der Waals surface area contributed by atoms with Crippen molar-refractivity contribution < 1.29 is 23.8 Å². The van der Waals surface area contributed by atoms with Gasteiger partial charge in [-0.3, -0.25) is 19.5 Å². The van der Waals surface area contributed by atoms with Gasteiger partial charge in [0.25, 0.3) is 0 Å². The summed E-state index contributed by atoms with van der Waals surface area (Å²) in [6, 6.07) is 8.34. The summed E-state index contributed by atoms with van der Waals surface area (Å²) in [6.45, 7) is 1.88. The molecule has 2 aromatic carbocycles. The second kappa shape index (κ2) is 12.3. The number of aryl methyl sites for hydroxylation is 1. The number of aromatic amines is 1. The lowest BCUT2D eigenvalue weighted by molar-refractivity contribution is -0.119. The van der Waals surface area contributed by atoms with Gasteiger partial charge in [0.2, 0.25) is 23.0 Å². The third-order valence-corrected chi connectivity index (χ3v) is 6.59. The topological polar surface area (TPSA) is 144 Å². The number of nitrogens with one attached hydrogen (secondary N) is 4. The fourth-order valence-electron chi connectivity index (χ4n) is 4.86. The van der Waals surface area contributed by atoms with Crippen molar-refractivity contribution in [2.24, 2.45) is 0 Å². The number of benzene rings is 1. The molecule has 1 aromatic heterocycles. The van der Waals surface area contributed by atoms with Crippen LogP contribution in [0.4, 0.5) is 11.5 Å². The number of fused-ring (bicyclic) bond motifs is 3. The minimum Gasteiger partial charge on any atom is -0.493 e. The van der Waals surface area contributed by atoms with E-state index in [0.29, 0.717) is 60.1 Å². The Morgan fingerprint density at radius 1 is 1.08 bits per heavy atom. The van der Waals surface area contributed by atoms with E-state index in [0.717, 1.165) is 16.7 Å². The van der Waals surface area contributed by atoms with Crippen molar-refractivity contribution in [2.75, 3.05) is 38.5 Å². The number of carbonyl (C=O) groups excluding carboxylic acids is 2. The van der Waals surface area contributed by atoms with Gasteiger partial charge in [0, 0.05) is 31.5 Å². The molecule has 3 aromatic rings. The zero-order valence-corrected chi connectivity index (χ0v) is 22.5. The maximum absolute atomic E-state index is 13.3. The predicted octanol–water partition coefficient (Wildman–Crippen LogP) is 3.42. The molecule has 11 nitrogen and oxygen atoms in total. The molecule has 4 rings (SSSR count). The number of hydrogen-bond donors (Lipinski definition) is 4. The van der Waals surface area contributed by atoms with E-state index in [1.807, 2.05) is 12.1 Å². The van der Waals surface area contributed by atoms with Crippen LogP contribution in [0.15, 0.2) is 41.3 Å². The number of nitrogens with zero attached hydrogens (tertiary/aromatic N) is 1. The molecule has 0 aliphatic heterocycles.